The fourth-order valence-corrected chi connectivity index (χ4v) is 7.96. The van der Waals surface area contributed by atoms with Crippen LogP contribution in [0.2, 0.25) is 0 Å². The largest absolute Gasteiger partial charge is 0.756 e. The SMILES string of the molecule is CCCCC/C=C\C/C=C\C/C=C\C/C=C\CCCCCC(=O)O[C@H](COC(=O)CCCCCCCCCCCCCCCCCCCCCCC)COP(=O)([O-])OCC[N+](C)(C)C. The van der Waals surface area contributed by atoms with Crippen molar-refractivity contribution < 1.29 is 42.1 Å². The van der Waals surface area contributed by atoms with E-state index in [4.69, 9.17) is 18.5 Å². The number of esters is 2. The molecule has 64 heavy (non-hydrogen) atoms. The Morgan fingerprint density at radius 2 is 0.844 bits per heavy atom. The van der Waals surface area contributed by atoms with Crippen LogP contribution in [0.25, 0.3) is 0 Å². The number of rotatable bonds is 48. The smallest absolute Gasteiger partial charge is 0.306 e. The fraction of sp³-hybridized carbons (Fsp3) is 0.815. The van der Waals surface area contributed by atoms with Crippen molar-refractivity contribution in [2.75, 3.05) is 47.5 Å². The molecule has 0 aliphatic rings. The van der Waals surface area contributed by atoms with Gasteiger partial charge >= 0.3 is 11.9 Å². The summed E-state index contributed by atoms with van der Waals surface area (Å²) < 4.78 is 34.0. The van der Waals surface area contributed by atoms with Crippen LogP contribution in [0.4, 0.5) is 0 Å². The van der Waals surface area contributed by atoms with Gasteiger partial charge in [0.05, 0.1) is 27.7 Å². The zero-order valence-electron chi connectivity index (χ0n) is 42.2. The van der Waals surface area contributed by atoms with Crippen molar-refractivity contribution in [3.05, 3.63) is 48.6 Å². The number of ether oxygens (including phenoxy) is 2. The second-order valence-electron chi connectivity index (χ2n) is 18.9. The van der Waals surface area contributed by atoms with E-state index < -0.39 is 26.5 Å². The molecule has 9 nitrogen and oxygen atoms in total. The maximum absolute atomic E-state index is 12.7. The zero-order valence-corrected chi connectivity index (χ0v) is 43.1. The number of nitrogens with zero attached hydrogens (tertiary/aromatic N) is 1. The summed E-state index contributed by atoms with van der Waals surface area (Å²) in [5.74, 6) is -0.862. The molecule has 2 atom stereocenters. The summed E-state index contributed by atoms with van der Waals surface area (Å²) in [5.41, 5.74) is 0. The number of carbonyl (C=O) groups excluding carboxylic acids is 2. The normalized spacial score (nSPS) is 13.8. The fourth-order valence-electron chi connectivity index (χ4n) is 7.23. The third kappa shape index (κ3) is 49.4. The number of unbranched alkanes of at least 4 members (excludes halogenated alkanes) is 26. The predicted octanol–water partition coefficient (Wildman–Crippen LogP) is 15.2. The number of carbonyl (C=O) groups is 2. The molecule has 0 spiro atoms. The maximum Gasteiger partial charge on any atom is 0.306 e. The van der Waals surface area contributed by atoms with Gasteiger partial charge in [0, 0.05) is 12.8 Å². The minimum atomic E-state index is -4.64. The summed E-state index contributed by atoms with van der Waals surface area (Å²) in [5, 5.41) is 0. The molecule has 374 valence electrons. The van der Waals surface area contributed by atoms with E-state index >= 15 is 0 Å². The quantitative estimate of drug-likeness (QED) is 0.0195. The third-order valence-corrected chi connectivity index (χ3v) is 12.3. The van der Waals surface area contributed by atoms with Crippen molar-refractivity contribution in [2.45, 2.75) is 238 Å². The average Bonchev–Trinajstić information content (AvgIpc) is 3.25. The highest BCUT2D eigenvalue weighted by Gasteiger charge is 2.21. The van der Waals surface area contributed by atoms with Crippen molar-refractivity contribution in [1.29, 1.82) is 0 Å². The molecule has 0 saturated carbocycles. The minimum absolute atomic E-state index is 0.0374. The lowest BCUT2D eigenvalue weighted by Crippen LogP contribution is -2.37. The molecule has 0 aromatic heterocycles. The molecule has 0 fully saturated rings. The van der Waals surface area contributed by atoms with E-state index in [0.29, 0.717) is 17.4 Å². The van der Waals surface area contributed by atoms with Crippen molar-refractivity contribution in [3.8, 4) is 0 Å². The molecule has 0 bridgehead atoms. The Morgan fingerprint density at radius 3 is 1.28 bits per heavy atom. The number of likely N-dealkylation sites (N-methyl/N-ethyl adjacent to an activating group) is 1. The van der Waals surface area contributed by atoms with Gasteiger partial charge in [-0.2, -0.15) is 0 Å². The first-order chi connectivity index (χ1) is 31.0. The Hall–Kier alpha value is -2.03. The number of quaternary nitrogens is 1. The summed E-state index contributed by atoms with van der Waals surface area (Å²) >= 11 is 0. The van der Waals surface area contributed by atoms with E-state index in [1.165, 1.54) is 141 Å². The van der Waals surface area contributed by atoms with Crippen LogP contribution in [0.5, 0.6) is 0 Å². The van der Waals surface area contributed by atoms with Gasteiger partial charge in [-0.05, 0) is 57.8 Å². The molecule has 0 aliphatic heterocycles. The molecule has 0 radical (unpaired) electrons. The summed E-state index contributed by atoms with van der Waals surface area (Å²) in [4.78, 5) is 37.7. The lowest BCUT2D eigenvalue weighted by Gasteiger charge is -2.28. The molecular formula is C54H100NO8P. The Morgan fingerprint density at radius 1 is 0.484 bits per heavy atom. The summed E-state index contributed by atoms with van der Waals surface area (Å²) in [6.07, 6.45) is 55.7. The van der Waals surface area contributed by atoms with Gasteiger partial charge in [0.15, 0.2) is 6.10 Å². The number of hydrogen-bond donors (Lipinski definition) is 0. The molecule has 0 aromatic rings. The molecule has 0 aliphatic carbocycles. The summed E-state index contributed by atoms with van der Waals surface area (Å²) in [6, 6.07) is 0. The molecule has 0 aromatic carbocycles. The van der Waals surface area contributed by atoms with Crippen LogP contribution in [0.3, 0.4) is 0 Å². The van der Waals surface area contributed by atoms with Crippen molar-refractivity contribution in [1.82, 2.24) is 0 Å². The molecule has 10 heteroatoms. The topological polar surface area (TPSA) is 111 Å². The molecule has 0 amide bonds. The van der Waals surface area contributed by atoms with Crippen LogP contribution in [-0.4, -0.2) is 70.0 Å². The number of hydrogen-bond acceptors (Lipinski definition) is 8. The predicted molar refractivity (Wildman–Crippen MR) is 268 cm³/mol. The summed E-state index contributed by atoms with van der Waals surface area (Å²) in [7, 11) is 1.15. The highest BCUT2D eigenvalue weighted by Crippen LogP contribution is 2.38. The zero-order chi connectivity index (χ0) is 47.1. The van der Waals surface area contributed by atoms with Gasteiger partial charge in [0.1, 0.15) is 19.8 Å². The molecule has 0 saturated heterocycles. The Labute approximate surface area is 394 Å². The Balaban J connectivity index is 4.27. The Kier molecular flexibility index (Phi) is 44.6. The standard InChI is InChI=1S/C54H100NO8P/c1-6-8-10-12-14-16-18-20-22-24-26-27-29-30-32-34-36-38-40-42-44-46-53(56)60-50-52(51-62-64(58,59)61-49-48-55(3,4)5)63-54(57)47-45-43-41-39-37-35-33-31-28-25-23-21-19-17-15-13-11-9-7-2/h15,17,21,23,28,31,35,37,52H,6-14,16,18-20,22,24-27,29-30,32-34,36,38-51H2,1-5H3/b17-15-,23-21-,31-28-,37-35-/t52-/m1/s1. The van der Waals surface area contributed by atoms with Crippen LogP contribution >= 0.6 is 7.82 Å². The van der Waals surface area contributed by atoms with Gasteiger partial charge in [-0.25, -0.2) is 0 Å². The lowest BCUT2D eigenvalue weighted by molar-refractivity contribution is -0.870. The average molecular weight is 922 g/mol. The number of phosphoric ester groups is 1. The highest BCUT2D eigenvalue weighted by atomic mass is 31.2. The van der Waals surface area contributed by atoms with Gasteiger partial charge in [0.2, 0.25) is 0 Å². The van der Waals surface area contributed by atoms with Crippen molar-refractivity contribution >= 4 is 19.8 Å². The van der Waals surface area contributed by atoms with Crippen molar-refractivity contribution in [2.24, 2.45) is 0 Å². The minimum Gasteiger partial charge on any atom is -0.756 e. The van der Waals surface area contributed by atoms with Crippen molar-refractivity contribution in [3.63, 3.8) is 0 Å². The van der Waals surface area contributed by atoms with Gasteiger partial charge in [0.25, 0.3) is 7.82 Å². The van der Waals surface area contributed by atoms with Crippen LogP contribution in [0.15, 0.2) is 48.6 Å². The van der Waals surface area contributed by atoms with Crippen LogP contribution < -0.4 is 4.89 Å². The lowest BCUT2D eigenvalue weighted by atomic mass is 10.0. The van der Waals surface area contributed by atoms with Gasteiger partial charge in [-0.15, -0.1) is 0 Å². The highest BCUT2D eigenvalue weighted by molar-refractivity contribution is 7.45. The number of phosphoric acid groups is 1. The van der Waals surface area contributed by atoms with Crippen LogP contribution in [0, 0.1) is 0 Å². The maximum atomic E-state index is 12.7. The molecular weight excluding hydrogens is 822 g/mol. The van der Waals surface area contributed by atoms with E-state index in [9.17, 15) is 19.0 Å². The monoisotopic (exact) mass is 922 g/mol. The first kappa shape index (κ1) is 62.0. The van der Waals surface area contributed by atoms with E-state index in [2.05, 4.69) is 62.5 Å². The van der Waals surface area contributed by atoms with Gasteiger partial charge in [-0.3, -0.25) is 14.2 Å². The van der Waals surface area contributed by atoms with E-state index in [1.807, 2.05) is 21.1 Å². The summed E-state index contributed by atoms with van der Waals surface area (Å²) in [6.45, 7) is 4.19. The second-order valence-corrected chi connectivity index (χ2v) is 20.3. The number of allylic oxidation sites excluding steroid dienone is 8. The third-order valence-electron chi connectivity index (χ3n) is 11.4. The first-order valence-corrected chi connectivity index (χ1v) is 27.8. The van der Waals surface area contributed by atoms with Gasteiger partial charge in [-0.1, -0.05) is 210 Å². The molecule has 1 unspecified atom stereocenters. The van der Waals surface area contributed by atoms with Crippen LogP contribution in [-0.2, 0) is 32.7 Å². The van der Waals surface area contributed by atoms with E-state index in [0.717, 1.165) is 57.8 Å². The molecule has 0 heterocycles. The molecule has 0 rings (SSSR count). The van der Waals surface area contributed by atoms with Crippen LogP contribution in [0.1, 0.15) is 232 Å². The van der Waals surface area contributed by atoms with E-state index in [1.54, 1.807) is 0 Å². The molecule has 0 N–H and O–H groups in total. The van der Waals surface area contributed by atoms with Gasteiger partial charge < -0.3 is 27.9 Å². The second kappa shape index (κ2) is 46.1. The van der Waals surface area contributed by atoms with E-state index in [-0.39, 0.29) is 32.0 Å². The Bertz CT molecular complexity index is 1230. The first-order valence-electron chi connectivity index (χ1n) is 26.3.